The van der Waals surface area contributed by atoms with E-state index in [9.17, 15) is 34.2 Å². The Labute approximate surface area is 326 Å². The van der Waals surface area contributed by atoms with Crippen LogP contribution in [0.1, 0.15) is 81.6 Å². The van der Waals surface area contributed by atoms with Gasteiger partial charge in [0.15, 0.2) is 25.0 Å². The summed E-state index contributed by atoms with van der Waals surface area (Å²) >= 11 is 0. The van der Waals surface area contributed by atoms with E-state index in [2.05, 4.69) is 0 Å². The van der Waals surface area contributed by atoms with Crippen LogP contribution in [0.15, 0.2) is 0 Å². The van der Waals surface area contributed by atoms with Crippen LogP contribution in [0.4, 0.5) is 0 Å². The maximum atomic E-state index is 12.7. The van der Waals surface area contributed by atoms with E-state index in [4.69, 9.17) is 57.8 Å². The average Bonchev–Trinajstić information content (AvgIpc) is 3.41. The SMILES string of the molecule is CCC1OC(OC2C(C)CC(C)C(OC(C)=O)C2OC2OC(COC(C)=O)C(OC3CC(OC(C)=O)C(O)C(CN)O3)C2OC(C)=O)C(C)C(OC(C)=O)C1O. The molecule has 18 unspecified atom stereocenters. The van der Waals surface area contributed by atoms with Gasteiger partial charge in [0.2, 0.25) is 0 Å². The van der Waals surface area contributed by atoms with Gasteiger partial charge in [-0.2, -0.15) is 0 Å². The molecular weight excluding hydrogens is 746 g/mol. The van der Waals surface area contributed by atoms with Crippen molar-refractivity contribution in [2.45, 2.75) is 174 Å². The molecule has 4 rings (SSSR count). The van der Waals surface area contributed by atoms with Gasteiger partial charge in [-0.25, -0.2) is 0 Å². The van der Waals surface area contributed by atoms with Crippen LogP contribution in [0, 0.1) is 17.8 Å². The van der Waals surface area contributed by atoms with Crippen LogP contribution in [0.25, 0.3) is 0 Å². The molecule has 4 aliphatic rings. The molecule has 0 aromatic carbocycles. The molecule has 320 valence electrons. The van der Waals surface area contributed by atoms with E-state index in [0.717, 1.165) is 0 Å². The first-order chi connectivity index (χ1) is 26.3. The quantitative estimate of drug-likeness (QED) is 0.159. The number of hydrogen-bond donors (Lipinski definition) is 3. The normalized spacial score (nSPS) is 41.3. The number of esters is 5. The molecule has 4 fully saturated rings. The van der Waals surface area contributed by atoms with Crippen molar-refractivity contribution < 1.29 is 86.3 Å². The van der Waals surface area contributed by atoms with E-state index in [1.807, 2.05) is 20.8 Å². The van der Waals surface area contributed by atoms with E-state index >= 15 is 0 Å². The van der Waals surface area contributed by atoms with Crippen molar-refractivity contribution in [1.82, 2.24) is 0 Å². The standard InChI is InChI=1S/C37H59NO18/c1-10-23-29(45)32(49-21(8)42)17(4)36(52-23)55-31-16(3)11-15(2)30(48-20(7)41)34(31)56-37-35(50-22(9)43)33(26(53-37)14-46-18(5)39)54-27-12-24(47-19(6)40)28(44)25(13-38)51-27/h15-17,23-37,44-45H,10-14,38H2,1-9H3. The molecule has 0 aromatic rings. The Kier molecular flexibility index (Phi) is 16.4. The molecule has 0 radical (unpaired) electrons. The van der Waals surface area contributed by atoms with Gasteiger partial charge in [0.1, 0.15) is 61.5 Å². The zero-order valence-corrected chi connectivity index (χ0v) is 33.4. The van der Waals surface area contributed by atoms with Gasteiger partial charge in [-0.05, 0) is 24.7 Å². The van der Waals surface area contributed by atoms with Crippen molar-refractivity contribution in [1.29, 1.82) is 0 Å². The van der Waals surface area contributed by atoms with E-state index < -0.39 is 128 Å². The third-order valence-corrected chi connectivity index (χ3v) is 10.5. The average molecular weight is 806 g/mol. The van der Waals surface area contributed by atoms with Gasteiger partial charge in [0.25, 0.3) is 0 Å². The first-order valence-electron chi connectivity index (χ1n) is 19.2. The Bertz CT molecular complexity index is 1370. The second-order valence-corrected chi connectivity index (χ2v) is 15.1. The molecule has 4 N–H and O–H groups in total. The lowest BCUT2D eigenvalue weighted by atomic mass is 9.77. The lowest BCUT2D eigenvalue weighted by Crippen LogP contribution is -2.60. The minimum atomic E-state index is -1.44. The summed E-state index contributed by atoms with van der Waals surface area (Å²) in [6.07, 6.45) is -15.6. The smallest absolute Gasteiger partial charge is 0.303 e. The number of aliphatic hydroxyl groups excluding tert-OH is 2. The molecular formula is C37H59NO18. The van der Waals surface area contributed by atoms with Crippen molar-refractivity contribution in [3.63, 3.8) is 0 Å². The molecule has 56 heavy (non-hydrogen) atoms. The topological polar surface area (TPSA) is 253 Å². The summed E-state index contributed by atoms with van der Waals surface area (Å²) in [4.78, 5) is 61.0. The van der Waals surface area contributed by atoms with E-state index in [1.165, 1.54) is 34.6 Å². The van der Waals surface area contributed by atoms with Gasteiger partial charge in [-0.3, -0.25) is 24.0 Å². The minimum Gasteiger partial charge on any atom is -0.463 e. The van der Waals surface area contributed by atoms with Crippen molar-refractivity contribution in [3.8, 4) is 0 Å². The number of aliphatic hydroxyl groups is 2. The van der Waals surface area contributed by atoms with Gasteiger partial charge in [-0.1, -0.05) is 27.7 Å². The summed E-state index contributed by atoms with van der Waals surface area (Å²) in [5, 5.41) is 21.7. The molecule has 3 saturated heterocycles. The fourth-order valence-corrected chi connectivity index (χ4v) is 7.96. The Balaban J connectivity index is 1.70. The first kappa shape index (κ1) is 45.7. The summed E-state index contributed by atoms with van der Waals surface area (Å²) < 4.78 is 65.9. The maximum absolute atomic E-state index is 12.7. The summed E-state index contributed by atoms with van der Waals surface area (Å²) in [6.45, 7) is 12.8. The second kappa shape index (κ2) is 20.1. The highest BCUT2D eigenvalue weighted by Gasteiger charge is 2.56. The molecule has 19 nitrogen and oxygen atoms in total. The lowest BCUT2D eigenvalue weighted by Gasteiger charge is -2.49. The van der Waals surface area contributed by atoms with Crippen LogP contribution in [0.2, 0.25) is 0 Å². The third kappa shape index (κ3) is 11.3. The third-order valence-electron chi connectivity index (χ3n) is 10.5. The summed E-state index contributed by atoms with van der Waals surface area (Å²) in [5.74, 6) is -4.40. The summed E-state index contributed by atoms with van der Waals surface area (Å²) in [6, 6.07) is 0. The molecule has 1 aliphatic carbocycles. The van der Waals surface area contributed by atoms with Gasteiger partial charge in [-0.15, -0.1) is 0 Å². The molecule has 3 heterocycles. The summed E-state index contributed by atoms with van der Waals surface area (Å²) in [5.41, 5.74) is 5.85. The molecule has 1 saturated carbocycles. The highest BCUT2D eigenvalue weighted by Crippen LogP contribution is 2.41. The number of carbonyl (C=O) groups is 5. The lowest BCUT2D eigenvalue weighted by molar-refractivity contribution is -0.326. The number of ether oxygens (including phenoxy) is 11. The predicted molar refractivity (Wildman–Crippen MR) is 188 cm³/mol. The van der Waals surface area contributed by atoms with Gasteiger partial charge >= 0.3 is 29.8 Å². The van der Waals surface area contributed by atoms with Crippen molar-refractivity contribution >= 4 is 29.8 Å². The van der Waals surface area contributed by atoms with Gasteiger partial charge in [0, 0.05) is 53.5 Å². The maximum Gasteiger partial charge on any atom is 0.303 e. The molecule has 0 amide bonds. The Morgan fingerprint density at radius 2 is 1.14 bits per heavy atom. The second-order valence-electron chi connectivity index (χ2n) is 15.1. The first-order valence-corrected chi connectivity index (χ1v) is 19.2. The van der Waals surface area contributed by atoms with Crippen LogP contribution >= 0.6 is 0 Å². The number of carbonyl (C=O) groups excluding carboxylic acids is 5. The number of rotatable bonds is 14. The highest BCUT2D eigenvalue weighted by molar-refractivity contribution is 5.67. The minimum absolute atomic E-state index is 0.143. The van der Waals surface area contributed by atoms with E-state index in [-0.39, 0.29) is 31.4 Å². The largest absolute Gasteiger partial charge is 0.463 e. The van der Waals surface area contributed by atoms with Gasteiger partial charge in [0.05, 0.1) is 12.2 Å². The molecule has 3 aliphatic heterocycles. The number of nitrogens with two attached hydrogens (primary N) is 1. The number of hydrogen-bond acceptors (Lipinski definition) is 19. The van der Waals surface area contributed by atoms with Crippen LogP contribution in [0.3, 0.4) is 0 Å². The fourth-order valence-electron chi connectivity index (χ4n) is 7.96. The van der Waals surface area contributed by atoms with Crippen LogP contribution < -0.4 is 5.73 Å². The van der Waals surface area contributed by atoms with Crippen LogP contribution in [-0.4, -0.2) is 145 Å². The molecule has 18 atom stereocenters. The fraction of sp³-hybridized carbons (Fsp3) is 0.865. The van der Waals surface area contributed by atoms with Crippen LogP contribution in [0.5, 0.6) is 0 Å². The zero-order chi connectivity index (χ0) is 41.6. The Morgan fingerprint density at radius 1 is 0.589 bits per heavy atom. The van der Waals surface area contributed by atoms with Crippen LogP contribution in [-0.2, 0) is 76.1 Å². The van der Waals surface area contributed by atoms with E-state index in [1.54, 1.807) is 6.92 Å². The highest BCUT2D eigenvalue weighted by atomic mass is 16.8. The molecule has 0 spiro atoms. The van der Waals surface area contributed by atoms with Crippen molar-refractivity contribution in [3.05, 3.63) is 0 Å². The molecule has 19 heteroatoms. The van der Waals surface area contributed by atoms with Crippen molar-refractivity contribution in [2.75, 3.05) is 13.2 Å². The zero-order valence-electron chi connectivity index (χ0n) is 33.4. The Morgan fingerprint density at radius 3 is 1.71 bits per heavy atom. The molecule has 0 bridgehead atoms. The van der Waals surface area contributed by atoms with E-state index in [0.29, 0.717) is 12.8 Å². The predicted octanol–water partition coefficient (Wildman–Crippen LogP) is 0.399. The summed E-state index contributed by atoms with van der Waals surface area (Å²) in [7, 11) is 0. The van der Waals surface area contributed by atoms with Crippen molar-refractivity contribution in [2.24, 2.45) is 23.5 Å². The molecule has 0 aromatic heterocycles. The monoisotopic (exact) mass is 805 g/mol. The van der Waals surface area contributed by atoms with Gasteiger partial charge < -0.3 is 68.1 Å². The Hall–Kier alpha value is -3.01.